The topological polar surface area (TPSA) is 98.7 Å². The van der Waals surface area contributed by atoms with Crippen LogP contribution in [0, 0.1) is 0 Å². The van der Waals surface area contributed by atoms with Crippen molar-refractivity contribution in [3.8, 4) is 0 Å². The molecule has 13 heavy (non-hydrogen) atoms. The number of nitrogens with one attached hydrogen (secondary N) is 2. The van der Waals surface area contributed by atoms with Gasteiger partial charge in [0.15, 0.2) is 0 Å². The van der Waals surface area contributed by atoms with Crippen molar-refractivity contribution in [1.29, 1.82) is 0 Å². The Kier molecular flexibility index (Phi) is 3.76. The van der Waals surface area contributed by atoms with Crippen molar-refractivity contribution in [3.05, 3.63) is 0 Å². The van der Waals surface area contributed by atoms with Crippen LogP contribution in [0.1, 0.15) is 0 Å². The molecule has 0 radical (unpaired) electrons. The molecule has 3 N–H and O–H groups in total. The minimum atomic E-state index is -3.79. The maximum Gasteiger partial charge on any atom is 0.292 e. The maximum absolute atomic E-state index is 11.2. The van der Waals surface area contributed by atoms with Gasteiger partial charge in [-0.1, -0.05) is 4.13 Å². The molecule has 0 spiro atoms. The van der Waals surface area contributed by atoms with E-state index in [1.807, 2.05) is 0 Å². The first-order chi connectivity index (χ1) is 6.02. The zero-order chi connectivity index (χ0) is 9.90. The Bertz CT molecular complexity index is 284. The van der Waals surface area contributed by atoms with Gasteiger partial charge in [0.25, 0.3) is 10.2 Å². The third-order valence-electron chi connectivity index (χ3n) is 1.59. The second-order valence-electron chi connectivity index (χ2n) is 2.49. The van der Waals surface area contributed by atoms with Crippen LogP contribution in [0.25, 0.3) is 0 Å². The zero-order valence-electron chi connectivity index (χ0n) is 6.76. The number of hydrogen-bond acceptors (Lipinski definition) is 4. The van der Waals surface area contributed by atoms with Gasteiger partial charge in [-0.15, -0.1) is 0 Å². The smallest absolute Gasteiger partial charge is 0.292 e. The van der Waals surface area contributed by atoms with Gasteiger partial charge in [0.1, 0.15) is 0 Å². The fourth-order valence-corrected chi connectivity index (χ4v) is 2.83. The van der Waals surface area contributed by atoms with E-state index in [0.717, 1.165) is 4.31 Å². The average molecular weight is 229 g/mol. The van der Waals surface area contributed by atoms with Gasteiger partial charge in [-0.2, -0.15) is 12.7 Å². The summed E-state index contributed by atoms with van der Waals surface area (Å²) in [6.45, 7) is 1.73. The first kappa shape index (κ1) is 11.0. The SMILES string of the molecule is O=S(O)NS(=O)(=O)N1CCNCC1. The summed E-state index contributed by atoms with van der Waals surface area (Å²) in [7, 11) is -3.79. The Morgan fingerprint density at radius 3 is 2.38 bits per heavy atom. The van der Waals surface area contributed by atoms with E-state index in [9.17, 15) is 12.6 Å². The molecule has 7 nitrogen and oxygen atoms in total. The molecule has 1 saturated heterocycles. The van der Waals surface area contributed by atoms with E-state index in [4.69, 9.17) is 4.55 Å². The van der Waals surface area contributed by atoms with Crippen LogP contribution in [0.3, 0.4) is 0 Å². The number of rotatable bonds is 3. The summed E-state index contributed by atoms with van der Waals surface area (Å²) >= 11 is -2.54. The molecule has 1 unspecified atom stereocenters. The zero-order valence-corrected chi connectivity index (χ0v) is 8.40. The fraction of sp³-hybridized carbons (Fsp3) is 1.00. The lowest BCUT2D eigenvalue weighted by Crippen LogP contribution is -2.50. The van der Waals surface area contributed by atoms with Gasteiger partial charge in [0.2, 0.25) is 11.3 Å². The Morgan fingerprint density at radius 1 is 1.38 bits per heavy atom. The Hall–Kier alpha value is -0.0600. The van der Waals surface area contributed by atoms with Crippen LogP contribution >= 0.6 is 0 Å². The first-order valence-corrected chi connectivity index (χ1v) is 6.16. The van der Waals surface area contributed by atoms with Gasteiger partial charge in [0.05, 0.1) is 0 Å². The minimum Gasteiger partial charge on any atom is -0.314 e. The van der Waals surface area contributed by atoms with Gasteiger partial charge in [-0.25, -0.2) is 4.21 Å². The second kappa shape index (κ2) is 4.44. The van der Waals surface area contributed by atoms with Gasteiger partial charge in [0, 0.05) is 26.2 Å². The molecule has 1 rings (SSSR count). The molecule has 1 aliphatic rings. The van der Waals surface area contributed by atoms with Crippen LogP contribution in [0.2, 0.25) is 0 Å². The highest BCUT2D eigenvalue weighted by Gasteiger charge is 2.24. The van der Waals surface area contributed by atoms with Crippen molar-refractivity contribution < 1.29 is 17.2 Å². The molecule has 78 valence electrons. The standard InChI is InChI=1S/C4H11N3O4S2/c8-12(9)6-13(10,11)7-3-1-5-2-4-7/h5-6H,1-4H2,(H,8,9). The van der Waals surface area contributed by atoms with Crippen LogP contribution in [0.5, 0.6) is 0 Å². The van der Waals surface area contributed by atoms with Crippen LogP contribution in [-0.4, -0.2) is 47.7 Å². The molecule has 0 amide bonds. The van der Waals surface area contributed by atoms with Crippen LogP contribution in [-0.2, 0) is 21.5 Å². The highest BCUT2D eigenvalue weighted by Crippen LogP contribution is 1.99. The van der Waals surface area contributed by atoms with E-state index in [-0.39, 0.29) is 0 Å². The molecule has 1 atom stereocenters. The van der Waals surface area contributed by atoms with Gasteiger partial charge in [-0.05, 0) is 0 Å². The summed E-state index contributed by atoms with van der Waals surface area (Å²) in [5, 5.41) is 2.97. The molecule has 0 saturated carbocycles. The Morgan fingerprint density at radius 2 is 1.92 bits per heavy atom. The lowest BCUT2D eigenvalue weighted by Gasteiger charge is -2.25. The number of nitrogens with zero attached hydrogens (tertiary/aromatic N) is 1. The summed E-state index contributed by atoms with van der Waals surface area (Å²) in [6, 6.07) is 0. The number of hydrogen-bond donors (Lipinski definition) is 3. The highest BCUT2D eigenvalue weighted by molar-refractivity contribution is 7.98. The summed E-state index contributed by atoms with van der Waals surface area (Å²) in [4.78, 5) is 0. The maximum atomic E-state index is 11.2. The average Bonchev–Trinajstić information content (AvgIpc) is 2.04. The lowest BCUT2D eigenvalue weighted by molar-refractivity contribution is 0.358. The van der Waals surface area contributed by atoms with E-state index in [0.29, 0.717) is 26.2 Å². The minimum absolute atomic E-state index is 0.312. The summed E-state index contributed by atoms with van der Waals surface area (Å²) in [5.74, 6) is 0. The highest BCUT2D eigenvalue weighted by atomic mass is 32.3. The van der Waals surface area contributed by atoms with Gasteiger partial charge >= 0.3 is 0 Å². The quantitative estimate of drug-likeness (QED) is 0.480. The van der Waals surface area contributed by atoms with Crippen molar-refractivity contribution in [1.82, 2.24) is 13.7 Å². The summed E-state index contributed by atoms with van der Waals surface area (Å²) < 4.78 is 43.8. The van der Waals surface area contributed by atoms with E-state index in [2.05, 4.69) is 5.32 Å². The third kappa shape index (κ3) is 3.29. The van der Waals surface area contributed by atoms with Crippen molar-refractivity contribution in [2.75, 3.05) is 26.2 Å². The predicted molar refractivity (Wildman–Crippen MR) is 47.3 cm³/mol. The van der Waals surface area contributed by atoms with Crippen molar-refractivity contribution in [2.24, 2.45) is 0 Å². The largest absolute Gasteiger partial charge is 0.314 e. The molecular weight excluding hydrogens is 218 g/mol. The molecule has 9 heteroatoms. The van der Waals surface area contributed by atoms with Crippen molar-refractivity contribution >= 4 is 21.5 Å². The van der Waals surface area contributed by atoms with Crippen LogP contribution < -0.4 is 9.44 Å². The molecule has 0 aromatic heterocycles. The molecule has 0 aromatic rings. The predicted octanol–water partition coefficient (Wildman–Crippen LogP) is -2.14. The van der Waals surface area contributed by atoms with Crippen LogP contribution in [0.4, 0.5) is 0 Å². The lowest BCUT2D eigenvalue weighted by atomic mass is 10.4. The van der Waals surface area contributed by atoms with Crippen molar-refractivity contribution in [2.45, 2.75) is 0 Å². The molecule has 0 aromatic carbocycles. The molecule has 1 aliphatic heterocycles. The summed E-state index contributed by atoms with van der Waals surface area (Å²) in [6.07, 6.45) is 0. The van der Waals surface area contributed by atoms with Crippen LogP contribution in [0.15, 0.2) is 0 Å². The van der Waals surface area contributed by atoms with E-state index < -0.39 is 21.5 Å². The molecular formula is C4H11N3O4S2. The summed E-state index contributed by atoms with van der Waals surface area (Å²) in [5.41, 5.74) is 0. The molecule has 0 aliphatic carbocycles. The fourth-order valence-electron chi connectivity index (χ4n) is 1.03. The van der Waals surface area contributed by atoms with Crippen molar-refractivity contribution in [3.63, 3.8) is 0 Å². The Labute approximate surface area is 79.1 Å². The number of piperazine rings is 1. The second-order valence-corrected chi connectivity index (χ2v) is 5.12. The normalized spacial score (nSPS) is 22.8. The molecule has 0 bridgehead atoms. The van der Waals surface area contributed by atoms with E-state index in [1.54, 1.807) is 4.13 Å². The Balaban J connectivity index is 2.62. The molecule has 1 fully saturated rings. The van der Waals surface area contributed by atoms with E-state index in [1.165, 1.54) is 0 Å². The van der Waals surface area contributed by atoms with Gasteiger partial charge < -0.3 is 5.32 Å². The first-order valence-electron chi connectivity index (χ1n) is 3.61. The van der Waals surface area contributed by atoms with Gasteiger partial charge in [-0.3, -0.25) is 4.55 Å². The monoisotopic (exact) mass is 229 g/mol. The molecule has 1 heterocycles. The van der Waals surface area contributed by atoms with E-state index >= 15 is 0 Å². The third-order valence-corrected chi connectivity index (χ3v) is 4.05.